The molecule has 1 aromatic carbocycles. The van der Waals surface area contributed by atoms with Gasteiger partial charge in [0.05, 0.1) is 11.6 Å². The summed E-state index contributed by atoms with van der Waals surface area (Å²) >= 11 is 0. The number of carbonyl (C=O) groups excluding carboxylic acids is 1. The molecule has 1 amide bonds. The van der Waals surface area contributed by atoms with Gasteiger partial charge >= 0.3 is 0 Å². The Morgan fingerprint density at radius 1 is 1.43 bits per heavy atom. The molecule has 0 heterocycles. The third-order valence-electron chi connectivity index (χ3n) is 1.77. The fraction of sp³-hybridized carbons (Fsp3) is 0.273. The normalized spacial score (nSPS) is 9.14. The number of nitrogens with zero attached hydrogens (tertiary/aromatic N) is 1. The lowest BCUT2D eigenvalue weighted by atomic mass is 10.2. The Balaban J connectivity index is 2.61. The first-order valence-electron chi connectivity index (χ1n) is 4.56. The van der Waals surface area contributed by atoms with Crippen LogP contribution in [0.5, 0.6) is 0 Å². The number of hydrogen-bond donors (Lipinski definition) is 1. The molecule has 72 valence electrons. The summed E-state index contributed by atoms with van der Waals surface area (Å²) in [7, 11) is 0. The van der Waals surface area contributed by atoms with Gasteiger partial charge in [-0.05, 0) is 30.7 Å². The van der Waals surface area contributed by atoms with Crippen LogP contribution in [-0.4, -0.2) is 5.91 Å². The van der Waals surface area contributed by atoms with E-state index in [2.05, 4.69) is 5.32 Å². The van der Waals surface area contributed by atoms with Crippen LogP contribution in [0.2, 0.25) is 0 Å². The predicted molar refractivity (Wildman–Crippen MR) is 54.7 cm³/mol. The minimum absolute atomic E-state index is 0.0113. The van der Waals surface area contributed by atoms with Crippen LogP contribution in [0.3, 0.4) is 0 Å². The van der Waals surface area contributed by atoms with Gasteiger partial charge in [0.25, 0.3) is 0 Å². The van der Waals surface area contributed by atoms with Gasteiger partial charge in [0, 0.05) is 12.1 Å². The highest BCUT2D eigenvalue weighted by Gasteiger charge is 1.99. The van der Waals surface area contributed by atoms with Crippen molar-refractivity contribution in [1.82, 2.24) is 0 Å². The summed E-state index contributed by atoms with van der Waals surface area (Å²) in [6, 6.07) is 8.84. The number of benzene rings is 1. The van der Waals surface area contributed by atoms with Crippen LogP contribution in [-0.2, 0) is 4.79 Å². The summed E-state index contributed by atoms with van der Waals surface area (Å²) in [6.07, 6.45) is 1.36. The van der Waals surface area contributed by atoms with E-state index in [9.17, 15) is 4.79 Å². The number of amides is 1. The largest absolute Gasteiger partial charge is 0.326 e. The molecule has 0 aliphatic carbocycles. The van der Waals surface area contributed by atoms with E-state index in [0.717, 1.165) is 12.1 Å². The third-order valence-corrected chi connectivity index (χ3v) is 1.77. The van der Waals surface area contributed by atoms with E-state index in [0.29, 0.717) is 12.0 Å². The van der Waals surface area contributed by atoms with Gasteiger partial charge in [0.1, 0.15) is 0 Å². The maximum atomic E-state index is 11.2. The summed E-state index contributed by atoms with van der Waals surface area (Å²) in [5.74, 6) is 0.0113. The second-order valence-corrected chi connectivity index (χ2v) is 2.99. The molecule has 0 aromatic heterocycles. The zero-order valence-electron chi connectivity index (χ0n) is 8.08. The first kappa shape index (κ1) is 10.3. The molecule has 0 spiro atoms. The lowest BCUT2D eigenvalue weighted by Crippen LogP contribution is -2.10. The number of nitrogens with one attached hydrogen (secondary N) is 1. The average molecular weight is 188 g/mol. The van der Waals surface area contributed by atoms with Crippen LogP contribution in [0.15, 0.2) is 24.3 Å². The smallest absolute Gasteiger partial charge is 0.224 e. The minimum Gasteiger partial charge on any atom is -0.326 e. The number of rotatable bonds is 3. The zero-order valence-corrected chi connectivity index (χ0v) is 8.08. The Morgan fingerprint density at radius 3 is 2.57 bits per heavy atom. The molecule has 3 nitrogen and oxygen atoms in total. The van der Waals surface area contributed by atoms with Gasteiger partial charge in [-0.2, -0.15) is 5.26 Å². The summed E-state index contributed by atoms with van der Waals surface area (Å²) in [5, 5.41) is 11.3. The van der Waals surface area contributed by atoms with Crippen LogP contribution in [0.1, 0.15) is 25.3 Å². The van der Waals surface area contributed by atoms with Gasteiger partial charge in [0.2, 0.25) is 5.91 Å². The van der Waals surface area contributed by atoms with E-state index in [-0.39, 0.29) is 5.91 Å². The molecule has 1 rings (SSSR count). The molecular formula is C11H12N2O. The molecule has 1 aromatic rings. The molecule has 0 saturated carbocycles. The fourth-order valence-corrected chi connectivity index (χ4v) is 1.08. The lowest BCUT2D eigenvalue weighted by molar-refractivity contribution is -0.116. The van der Waals surface area contributed by atoms with Gasteiger partial charge in [0.15, 0.2) is 0 Å². The van der Waals surface area contributed by atoms with E-state index < -0.39 is 0 Å². The quantitative estimate of drug-likeness (QED) is 0.791. The van der Waals surface area contributed by atoms with Crippen molar-refractivity contribution in [2.75, 3.05) is 5.32 Å². The van der Waals surface area contributed by atoms with Crippen molar-refractivity contribution in [1.29, 1.82) is 5.26 Å². The SMILES string of the molecule is CCCC(=O)Nc1ccc(C#N)cc1. The van der Waals surface area contributed by atoms with Crippen molar-refractivity contribution in [3.8, 4) is 6.07 Å². The van der Waals surface area contributed by atoms with Crippen LogP contribution < -0.4 is 5.32 Å². The van der Waals surface area contributed by atoms with Crippen molar-refractivity contribution in [2.45, 2.75) is 19.8 Å². The highest BCUT2D eigenvalue weighted by molar-refractivity contribution is 5.90. The standard InChI is InChI=1S/C11H12N2O/c1-2-3-11(14)13-10-6-4-9(8-12)5-7-10/h4-7H,2-3H2,1H3,(H,13,14). The molecule has 0 aliphatic rings. The van der Waals surface area contributed by atoms with Gasteiger partial charge < -0.3 is 5.32 Å². The van der Waals surface area contributed by atoms with Crippen LogP contribution in [0, 0.1) is 11.3 Å². The molecule has 0 radical (unpaired) electrons. The van der Waals surface area contributed by atoms with Crippen molar-refractivity contribution in [3.63, 3.8) is 0 Å². The van der Waals surface area contributed by atoms with Crippen molar-refractivity contribution in [2.24, 2.45) is 0 Å². The maximum Gasteiger partial charge on any atom is 0.224 e. The first-order valence-corrected chi connectivity index (χ1v) is 4.56. The molecule has 0 aliphatic heterocycles. The zero-order chi connectivity index (χ0) is 10.4. The number of nitriles is 1. The van der Waals surface area contributed by atoms with Gasteiger partial charge in [-0.25, -0.2) is 0 Å². The molecule has 0 fully saturated rings. The lowest BCUT2D eigenvalue weighted by Gasteiger charge is -2.03. The monoisotopic (exact) mass is 188 g/mol. The Labute approximate surface area is 83.4 Å². The summed E-state index contributed by atoms with van der Waals surface area (Å²) in [6.45, 7) is 1.96. The van der Waals surface area contributed by atoms with E-state index in [1.807, 2.05) is 13.0 Å². The van der Waals surface area contributed by atoms with Gasteiger partial charge in [-0.1, -0.05) is 6.92 Å². The Bertz CT molecular complexity index is 349. The molecule has 1 N–H and O–H groups in total. The van der Waals surface area contributed by atoms with Crippen LogP contribution >= 0.6 is 0 Å². The molecular weight excluding hydrogens is 176 g/mol. The minimum atomic E-state index is 0.0113. The molecule has 0 atom stereocenters. The number of anilines is 1. The van der Waals surface area contributed by atoms with Crippen LogP contribution in [0.25, 0.3) is 0 Å². The summed E-state index contributed by atoms with van der Waals surface area (Å²) in [5.41, 5.74) is 1.33. The highest BCUT2D eigenvalue weighted by Crippen LogP contribution is 2.09. The second-order valence-electron chi connectivity index (χ2n) is 2.99. The molecule has 0 saturated heterocycles. The van der Waals surface area contributed by atoms with Crippen molar-refractivity contribution in [3.05, 3.63) is 29.8 Å². The Morgan fingerprint density at radius 2 is 2.07 bits per heavy atom. The first-order chi connectivity index (χ1) is 6.76. The van der Waals surface area contributed by atoms with E-state index in [1.165, 1.54) is 0 Å². The summed E-state index contributed by atoms with van der Waals surface area (Å²) in [4.78, 5) is 11.2. The van der Waals surface area contributed by atoms with E-state index in [1.54, 1.807) is 24.3 Å². The van der Waals surface area contributed by atoms with Crippen LogP contribution in [0.4, 0.5) is 5.69 Å². The number of hydrogen-bond acceptors (Lipinski definition) is 2. The molecule has 3 heteroatoms. The second kappa shape index (κ2) is 5.03. The predicted octanol–water partition coefficient (Wildman–Crippen LogP) is 2.30. The number of carbonyl (C=O) groups is 1. The van der Waals surface area contributed by atoms with E-state index in [4.69, 9.17) is 5.26 Å². The Kier molecular flexibility index (Phi) is 3.69. The molecule has 0 bridgehead atoms. The average Bonchev–Trinajstić information content (AvgIpc) is 2.19. The summed E-state index contributed by atoms with van der Waals surface area (Å²) < 4.78 is 0. The third kappa shape index (κ3) is 2.91. The topological polar surface area (TPSA) is 52.9 Å². The maximum absolute atomic E-state index is 11.2. The van der Waals surface area contributed by atoms with Gasteiger partial charge in [-0.15, -0.1) is 0 Å². The Hall–Kier alpha value is -1.82. The molecule has 14 heavy (non-hydrogen) atoms. The van der Waals surface area contributed by atoms with Crippen molar-refractivity contribution >= 4 is 11.6 Å². The highest BCUT2D eigenvalue weighted by atomic mass is 16.1. The van der Waals surface area contributed by atoms with E-state index >= 15 is 0 Å². The van der Waals surface area contributed by atoms with Crippen molar-refractivity contribution < 1.29 is 4.79 Å². The fourth-order valence-electron chi connectivity index (χ4n) is 1.08. The van der Waals surface area contributed by atoms with Gasteiger partial charge in [-0.3, -0.25) is 4.79 Å². The molecule has 0 unspecified atom stereocenters.